The number of piperidine rings is 1. The molecule has 5 heteroatoms. The van der Waals surface area contributed by atoms with Crippen molar-refractivity contribution in [1.82, 2.24) is 20.2 Å². The molecule has 3 aromatic rings. The predicted molar refractivity (Wildman–Crippen MR) is 106 cm³/mol. The van der Waals surface area contributed by atoms with Crippen molar-refractivity contribution in [2.75, 3.05) is 13.1 Å². The zero-order valence-corrected chi connectivity index (χ0v) is 15.3. The maximum absolute atomic E-state index is 12.6. The first-order valence-electron chi connectivity index (χ1n) is 9.83. The van der Waals surface area contributed by atoms with Gasteiger partial charge in [0.2, 0.25) is 0 Å². The first-order chi connectivity index (χ1) is 13.3. The van der Waals surface area contributed by atoms with Crippen LogP contribution in [0.1, 0.15) is 42.5 Å². The van der Waals surface area contributed by atoms with E-state index in [9.17, 15) is 4.79 Å². The van der Waals surface area contributed by atoms with Gasteiger partial charge in [-0.15, -0.1) is 0 Å². The van der Waals surface area contributed by atoms with Gasteiger partial charge in [0.25, 0.3) is 0 Å². The topological polar surface area (TPSA) is 61.0 Å². The zero-order valence-electron chi connectivity index (χ0n) is 15.3. The molecule has 1 aromatic heterocycles. The minimum atomic E-state index is 0.0847. The van der Waals surface area contributed by atoms with Gasteiger partial charge < -0.3 is 15.2 Å². The van der Waals surface area contributed by atoms with Crippen LogP contribution in [0.5, 0.6) is 0 Å². The molecule has 0 radical (unpaired) electrons. The van der Waals surface area contributed by atoms with E-state index in [1.54, 1.807) is 0 Å². The number of urea groups is 1. The summed E-state index contributed by atoms with van der Waals surface area (Å²) in [4.78, 5) is 22.7. The van der Waals surface area contributed by atoms with Gasteiger partial charge in [0.15, 0.2) is 0 Å². The molecular weight excluding hydrogens is 336 g/mol. The lowest BCUT2D eigenvalue weighted by molar-refractivity contribution is 0.180. The number of rotatable bonds is 3. The molecule has 5 rings (SSSR count). The number of likely N-dealkylation sites (tertiary alicyclic amines) is 1. The highest BCUT2D eigenvalue weighted by molar-refractivity contribution is 5.76. The first kappa shape index (κ1) is 16.4. The second kappa shape index (κ2) is 6.72. The van der Waals surface area contributed by atoms with Gasteiger partial charge in [0.1, 0.15) is 5.82 Å². The number of amides is 2. The molecule has 2 fully saturated rings. The molecule has 2 amide bonds. The number of nitrogens with one attached hydrogen (secondary N) is 2. The van der Waals surface area contributed by atoms with Crippen LogP contribution in [0.15, 0.2) is 54.6 Å². The van der Waals surface area contributed by atoms with E-state index in [1.165, 1.54) is 5.56 Å². The fourth-order valence-electron chi connectivity index (χ4n) is 4.19. The number of carbonyl (C=O) groups excluding carboxylic acids is 1. The SMILES string of the molecule is O=C(N[C@@H]1C[C@H]1c1ccccc1)N1CCC(c2nc3ccccc3[nH]2)CC1. The molecule has 1 aliphatic carbocycles. The Bertz CT molecular complexity index is 910. The first-order valence-corrected chi connectivity index (χ1v) is 9.83. The van der Waals surface area contributed by atoms with E-state index in [0.717, 1.165) is 49.2 Å². The monoisotopic (exact) mass is 360 g/mol. The molecule has 2 atom stereocenters. The Hall–Kier alpha value is -2.82. The highest BCUT2D eigenvalue weighted by atomic mass is 16.2. The highest BCUT2D eigenvalue weighted by Crippen LogP contribution is 2.40. The van der Waals surface area contributed by atoms with Crippen LogP contribution in [-0.2, 0) is 0 Å². The van der Waals surface area contributed by atoms with Crippen LogP contribution in [-0.4, -0.2) is 40.0 Å². The van der Waals surface area contributed by atoms with Gasteiger partial charge in [0.05, 0.1) is 11.0 Å². The summed E-state index contributed by atoms with van der Waals surface area (Å²) in [6, 6.07) is 19.0. The summed E-state index contributed by atoms with van der Waals surface area (Å²) in [5.74, 6) is 1.94. The predicted octanol–water partition coefficient (Wildman–Crippen LogP) is 4.01. The van der Waals surface area contributed by atoms with Crippen LogP contribution in [0, 0.1) is 0 Å². The van der Waals surface area contributed by atoms with Gasteiger partial charge in [-0.2, -0.15) is 0 Å². The van der Waals surface area contributed by atoms with Crippen LogP contribution >= 0.6 is 0 Å². The third kappa shape index (κ3) is 3.29. The maximum Gasteiger partial charge on any atom is 0.317 e. The number of nitrogens with zero attached hydrogens (tertiary/aromatic N) is 2. The third-order valence-corrected chi connectivity index (χ3v) is 5.90. The lowest BCUT2D eigenvalue weighted by atomic mass is 9.96. The second-order valence-corrected chi connectivity index (χ2v) is 7.71. The number of fused-ring (bicyclic) bond motifs is 1. The van der Waals surface area contributed by atoms with E-state index in [0.29, 0.717) is 11.8 Å². The summed E-state index contributed by atoms with van der Waals surface area (Å²) >= 11 is 0. The third-order valence-electron chi connectivity index (χ3n) is 5.90. The Morgan fingerprint density at radius 2 is 1.78 bits per heavy atom. The fourth-order valence-corrected chi connectivity index (χ4v) is 4.19. The van der Waals surface area contributed by atoms with Crippen LogP contribution in [0.25, 0.3) is 11.0 Å². The number of imidazole rings is 1. The van der Waals surface area contributed by atoms with Gasteiger partial charge in [-0.1, -0.05) is 42.5 Å². The number of carbonyl (C=O) groups is 1. The van der Waals surface area contributed by atoms with E-state index < -0.39 is 0 Å². The smallest absolute Gasteiger partial charge is 0.317 e. The molecule has 1 saturated heterocycles. The largest absolute Gasteiger partial charge is 0.342 e. The lowest BCUT2D eigenvalue weighted by Gasteiger charge is -2.31. The van der Waals surface area contributed by atoms with Gasteiger partial charge in [0, 0.05) is 31.0 Å². The van der Waals surface area contributed by atoms with Crippen molar-refractivity contribution in [3.8, 4) is 0 Å². The molecule has 27 heavy (non-hydrogen) atoms. The van der Waals surface area contributed by atoms with Crippen molar-refractivity contribution >= 4 is 17.1 Å². The molecule has 0 unspecified atom stereocenters. The molecule has 1 aliphatic heterocycles. The fraction of sp³-hybridized carbons (Fsp3) is 0.364. The van der Waals surface area contributed by atoms with Crippen molar-refractivity contribution in [3.05, 3.63) is 66.0 Å². The molecule has 0 spiro atoms. The summed E-state index contributed by atoms with van der Waals surface area (Å²) in [5.41, 5.74) is 3.44. The molecule has 2 aliphatic rings. The number of H-pyrrole nitrogens is 1. The van der Waals surface area contributed by atoms with Crippen molar-refractivity contribution in [2.45, 2.75) is 37.1 Å². The summed E-state index contributed by atoms with van der Waals surface area (Å²) in [6.45, 7) is 1.58. The normalized spacial score (nSPS) is 22.7. The number of benzene rings is 2. The Labute approximate surface area is 158 Å². The Kier molecular flexibility index (Phi) is 4.07. The van der Waals surface area contributed by atoms with Crippen LogP contribution in [0.4, 0.5) is 4.79 Å². The number of aromatic nitrogens is 2. The summed E-state index contributed by atoms with van der Waals surface area (Å²) < 4.78 is 0. The van der Waals surface area contributed by atoms with Gasteiger partial charge in [-0.3, -0.25) is 0 Å². The highest BCUT2D eigenvalue weighted by Gasteiger charge is 2.40. The summed E-state index contributed by atoms with van der Waals surface area (Å²) in [6.07, 6.45) is 2.96. The average molecular weight is 360 g/mol. The van der Waals surface area contributed by atoms with E-state index in [2.05, 4.69) is 40.6 Å². The Balaban J connectivity index is 1.15. The zero-order chi connectivity index (χ0) is 18.2. The van der Waals surface area contributed by atoms with Crippen molar-refractivity contribution in [2.24, 2.45) is 0 Å². The van der Waals surface area contributed by atoms with E-state index >= 15 is 0 Å². The summed E-state index contributed by atoms with van der Waals surface area (Å²) in [5, 5.41) is 3.21. The maximum atomic E-state index is 12.6. The number of hydrogen-bond acceptors (Lipinski definition) is 2. The molecule has 1 saturated carbocycles. The van der Waals surface area contributed by atoms with Crippen LogP contribution in [0.2, 0.25) is 0 Å². The molecule has 2 N–H and O–H groups in total. The number of para-hydroxylation sites is 2. The Morgan fingerprint density at radius 3 is 2.56 bits per heavy atom. The number of aromatic amines is 1. The van der Waals surface area contributed by atoms with Crippen LogP contribution < -0.4 is 5.32 Å². The van der Waals surface area contributed by atoms with Crippen molar-refractivity contribution in [3.63, 3.8) is 0 Å². The van der Waals surface area contributed by atoms with Gasteiger partial charge >= 0.3 is 6.03 Å². The molecule has 138 valence electrons. The Morgan fingerprint density at radius 1 is 1.04 bits per heavy atom. The van der Waals surface area contributed by atoms with Crippen LogP contribution in [0.3, 0.4) is 0 Å². The van der Waals surface area contributed by atoms with E-state index in [-0.39, 0.29) is 12.1 Å². The average Bonchev–Trinajstić information content (AvgIpc) is 3.35. The quantitative estimate of drug-likeness (QED) is 0.741. The van der Waals surface area contributed by atoms with E-state index in [1.807, 2.05) is 29.2 Å². The molecule has 2 aromatic carbocycles. The van der Waals surface area contributed by atoms with Crippen molar-refractivity contribution < 1.29 is 4.79 Å². The van der Waals surface area contributed by atoms with Gasteiger partial charge in [-0.05, 0) is 37.0 Å². The molecule has 0 bridgehead atoms. The van der Waals surface area contributed by atoms with Gasteiger partial charge in [-0.25, -0.2) is 9.78 Å². The second-order valence-electron chi connectivity index (χ2n) is 7.71. The minimum absolute atomic E-state index is 0.0847. The molecular formula is C22H24N4O. The standard InChI is InChI=1S/C22H24N4O/c27-22(25-20-14-17(20)15-6-2-1-3-7-15)26-12-10-16(11-13-26)21-23-18-8-4-5-9-19(18)24-21/h1-9,16-17,20H,10-14H2,(H,23,24)(H,25,27)/t17-,20+/m0/s1. The van der Waals surface area contributed by atoms with Crippen molar-refractivity contribution in [1.29, 1.82) is 0 Å². The number of hydrogen-bond donors (Lipinski definition) is 2. The lowest BCUT2D eigenvalue weighted by Crippen LogP contribution is -2.45. The molecule has 2 heterocycles. The summed E-state index contributed by atoms with van der Waals surface area (Å²) in [7, 11) is 0. The van der Waals surface area contributed by atoms with E-state index in [4.69, 9.17) is 4.98 Å². The minimum Gasteiger partial charge on any atom is -0.342 e. The molecule has 5 nitrogen and oxygen atoms in total.